The van der Waals surface area contributed by atoms with Crippen molar-refractivity contribution >= 4 is 33.0 Å². The highest BCUT2D eigenvalue weighted by atomic mass is 32.2. The number of piperidine rings is 1. The molecule has 6 nitrogen and oxygen atoms in total. The number of aryl methyl sites for hydroxylation is 1. The second-order valence-corrected chi connectivity index (χ2v) is 10.4. The Balaban J connectivity index is 1.47. The third-order valence-electron chi connectivity index (χ3n) is 5.32. The summed E-state index contributed by atoms with van der Waals surface area (Å²) in [6, 6.07) is 14.9. The van der Waals surface area contributed by atoms with Crippen molar-refractivity contribution in [2.75, 3.05) is 18.4 Å². The number of anilines is 1. The van der Waals surface area contributed by atoms with Gasteiger partial charge in [0.15, 0.2) is 0 Å². The number of amides is 1. The molecule has 162 valence electrons. The standard InChI is InChI=1S/C23H25N3O3S2/c1-17-10-11-19(14-21(17)31(28,29)26-12-6-3-7-13-26)24-22(27)15-20-16-30-23(25-20)18-8-4-2-5-9-18/h2,4-5,8-11,14,16H,3,6-7,12-13,15H2,1H3,(H,24,27). The van der Waals surface area contributed by atoms with Crippen LogP contribution in [0.15, 0.2) is 58.8 Å². The summed E-state index contributed by atoms with van der Waals surface area (Å²) in [4.78, 5) is 17.4. The molecule has 2 heterocycles. The number of carbonyl (C=O) groups excluding carboxylic acids is 1. The molecule has 0 saturated carbocycles. The molecule has 1 saturated heterocycles. The summed E-state index contributed by atoms with van der Waals surface area (Å²) in [5.74, 6) is -0.227. The van der Waals surface area contributed by atoms with Crippen LogP contribution in [-0.4, -0.2) is 36.7 Å². The van der Waals surface area contributed by atoms with Crippen molar-refractivity contribution in [2.45, 2.75) is 37.5 Å². The highest BCUT2D eigenvalue weighted by molar-refractivity contribution is 7.89. The molecule has 1 aliphatic rings. The summed E-state index contributed by atoms with van der Waals surface area (Å²) in [6.45, 7) is 2.88. The van der Waals surface area contributed by atoms with Crippen molar-refractivity contribution in [1.82, 2.24) is 9.29 Å². The quantitative estimate of drug-likeness (QED) is 0.595. The average molecular weight is 456 g/mol. The number of benzene rings is 2. The highest BCUT2D eigenvalue weighted by Gasteiger charge is 2.27. The number of sulfonamides is 1. The first kappa shape index (κ1) is 21.7. The molecule has 31 heavy (non-hydrogen) atoms. The van der Waals surface area contributed by atoms with Crippen LogP contribution < -0.4 is 5.32 Å². The van der Waals surface area contributed by atoms with Crippen molar-refractivity contribution in [3.05, 3.63) is 65.2 Å². The summed E-state index contributed by atoms with van der Waals surface area (Å²) in [7, 11) is -3.57. The Bertz CT molecular complexity index is 1170. The van der Waals surface area contributed by atoms with Crippen molar-refractivity contribution in [1.29, 1.82) is 0 Å². The summed E-state index contributed by atoms with van der Waals surface area (Å²) >= 11 is 1.50. The van der Waals surface area contributed by atoms with Crippen molar-refractivity contribution in [3.63, 3.8) is 0 Å². The third kappa shape index (κ3) is 5.03. The van der Waals surface area contributed by atoms with Crippen LogP contribution in [0, 0.1) is 6.92 Å². The Morgan fingerprint density at radius 2 is 1.84 bits per heavy atom. The number of nitrogens with one attached hydrogen (secondary N) is 1. The highest BCUT2D eigenvalue weighted by Crippen LogP contribution is 2.27. The van der Waals surface area contributed by atoms with Gasteiger partial charge < -0.3 is 5.32 Å². The number of hydrogen-bond acceptors (Lipinski definition) is 5. The van der Waals surface area contributed by atoms with E-state index in [0.29, 0.717) is 30.0 Å². The predicted octanol–water partition coefficient (Wildman–Crippen LogP) is 4.47. The lowest BCUT2D eigenvalue weighted by atomic mass is 10.2. The average Bonchev–Trinajstić information content (AvgIpc) is 3.24. The van der Waals surface area contributed by atoms with E-state index in [4.69, 9.17) is 0 Å². The fourth-order valence-corrected chi connectivity index (χ4v) is 6.26. The molecule has 2 aromatic carbocycles. The van der Waals surface area contributed by atoms with E-state index in [1.807, 2.05) is 35.7 Å². The smallest absolute Gasteiger partial charge is 0.243 e. The molecule has 1 aliphatic heterocycles. The molecule has 0 spiro atoms. The van der Waals surface area contributed by atoms with Gasteiger partial charge in [-0.1, -0.05) is 42.8 Å². The zero-order valence-corrected chi connectivity index (χ0v) is 19.0. The molecule has 0 unspecified atom stereocenters. The fraction of sp³-hybridized carbons (Fsp3) is 0.304. The maximum Gasteiger partial charge on any atom is 0.243 e. The van der Waals surface area contributed by atoms with Gasteiger partial charge >= 0.3 is 0 Å². The van der Waals surface area contributed by atoms with Gasteiger partial charge in [-0.05, 0) is 37.5 Å². The van der Waals surface area contributed by atoms with Crippen LogP contribution in [0.3, 0.4) is 0 Å². The molecular weight excluding hydrogens is 430 g/mol. The van der Waals surface area contributed by atoms with Gasteiger partial charge in [-0.25, -0.2) is 13.4 Å². The number of rotatable bonds is 6. The molecule has 0 aliphatic carbocycles. The summed E-state index contributed by atoms with van der Waals surface area (Å²) in [5, 5.41) is 5.57. The van der Waals surface area contributed by atoms with Crippen LogP contribution in [-0.2, 0) is 21.2 Å². The number of carbonyl (C=O) groups is 1. The first-order valence-electron chi connectivity index (χ1n) is 10.3. The molecule has 3 aromatic rings. The molecular formula is C23H25N3O3S2. The maximum atomic E-state index is 13.1. The number of nitrogens with zero attached hydrogens (tertiary/aromatic N) is 2. The van der Waals surface area contributed by atoms with Gasteiger partial charge in [0.05, 0.1) is 17.0 Å². The largest absolute Gasteiger partial charge is 0.326 e. The fourth-order valence-electron chi connectivity index (χ4n) is 3.67. The number of aromatic nitrogens is 1. The Kier molecular flexibility index (Phi) is 6.50. The van der Waals surface area contributed by atoms with Crippen LogP contribution in [0.5, 0.6) is 0 Å². The summed E-state index contributed by atoms with van der Waals surface area (Å²) in [6.07, 6.45) is 2.95. The minimum Gasteiger partial charge on any atom is -0.326 e. The van der Waals surface area contributed by atoms with Gasteiger partial charge in [0.1, 0.15) is 5.01 Å². The van der Waals surface area contributed by atoms with Crippen molar-refractivity contribution in [3.8, 4) is 10.6 Å². The van der Waals surface area contributed by atoms with E-state index >= 15 is 0 Å². The van der Waals surface area contributed by atoms with E-state index < -0.39 is 10.0 Å². The van der Waals surface area contributed by atoms with Crippen LogP contribution in [0.4, 0.5) is 5.69 Å². The Morgan fingerprint density at radius 3 is 2.58 bits per heavy atom. The van der Waals surface area contributed by atoms with Gasteiger partial charge in [0.25, 0.3) is 0 Å². The van der Waals surface area contributed by atoms with E-state index in [-0.39, 0.29) is 17.2 Å². The molecule has 1 fully saturated rings. The molecule has 8 heteroatoms. The zero-order valence-electron chi connectivity index (χ0n) is 17.4. The van der Waals surface area contributed by atoms with Crippen LogP contribution in [0.25, 0.3) is 10.6 Å². The van der Waals surface area contributed by atoms with E-state index in [0.717, 1.165) is 29.8 Å². The summed E-state index contributed by atoms with van der Waals surface area (Å²) in [5.41, 5.74) is 2.86. The third-order valence-corrected chi connectivity index (χ3v) is 8.30. The Labute approximate surface area is 187 Å². The second kappa shape index (κ2) is 9.30. The Hall–Kier alpha value is -2.55. The zero-order chi connectivity index (χ0) is 21.8. The first-order chi connectivity index (χ1) is 14.9. The van der Waals surface area contributed by atoms with E-state index in [1.54, 1.807) is 29.4 Å². The number of thiazole rings is 1. The lowest BCUT2D eigenvalue weighted by Crippen LogP contribution is -2.36. The lowest BCUT2D eigenvalue weighted by Gasteiger charge is -2.26. The molecule has 1 N–H and O–H groups in total. The molecule has 0 bridgehead atoms. The van der Waals surface area contributed by atoms with E-state index in [9.17, 15) is 13.2 Å². The van der Waals surface area contributed by atoms with Gasteiger partial charge in [-0.3, -0.25) is 4.79 Å². The molecule has 1 aromatic heterocycles. The molecule has 4 rings (SSSR count). The van der Waals surface area contributed by atoms with Crippen LogP contribution >= 0.6 is 11.3 Å². The molecule has 0 radical (unpaired) electrons. The van der Waals surface area contributed by atoms with Crippen LogP contribution in [0.1, 0.15) is 30.5 Å². The second-order valence-electron chi connectivity index (χ2n) is 7.68. The number of hydrogen-bond donors (Lipinski definition) is 1. The molecule has 0 atom stereocenters. The van der Waals surface area contributed by atoms with Gasteiger partial charge in [0.2, 0.25) is 15.9 Å². The lowest BCUT2D eigenvalue weighted by molar-refractivity contribution is -0.115. The van der Waals surface area contributed by atoms with Crippen molar-refractivity contribution < 1.29 is 13.2 Å². The first-order valence-corrected chi connectivity index (χ1v) is 12.7. The monoisotopic (exact) mass is 455 g/mol. The van der Waals surface area contributed by atoms with Gasteiger partial charge in [-0.15, -0.1) is 11.3 Å². The van der Waals surface area contributed by atoms with Gasteiger partial charge in [-0.2, -0.15) is 4.31 Å². The summed E-state index contributed by atoms with van der Waals surface area (Å²) < 4.78 is 27.7. The van der Waals surface area contributed by atoms with Gasteiger partial charge in [0, 0.05) is 29.7 Å². The van der Waals surface area contributed by atoms with E-state index in [1.165, 1.54) is 11.3 Å². The van der Waals surface area contributed by atoms with Crippen LogP contribution in [0.2, 0.25) is 0 Å². The van der Waals surface area contributed by atoms with E-state index in [2.05, 4.69) is 10.3 Å². The predicted molar refractivity (Wildman–Crippen MR) is 124 cm³/mol. The molecule has 1 amide bonds. The Morgan fingerprint density at radius 1 is 1.10 bits per heavy atom. The SMILES string of the molecule is Cc1ccc(NC(=O)Cc2csc(-c3ccccc3)n2)cc1S(=O)(=O)N1CCCCC1. The minimum atomic E-state index is -3.57. The van der Waals surface area contributed by atoms with Crippen molar-refractivity contribution in [2.24, 2.45) is 0 Å². The minimum absolute atomic E-state index is 0.130. The topological polar surface area (TPSA) is 79.4 Å². The maximum absolute atomic E-state index is 13.1. The normalized spacial score (nSPS) is 15.0.